The number of halogens is 2. The Labute approximate surface area is 139 Å². The minimum Gasteiger partial charge on any atom is -0.493 e. The van der Waals surface area contributed by atoms with E-state index in [1.54, 1.807) is 11.3 Å². The Morgan fingerprint density at radius 2 is 2.15 bits per heavy atom. The first kappa shape index (κ1) is 14.6. The molecular formula is C15H15Br2NOS. The van der Waals surface area contributed by atoms with Crippen LogP contribution in [-0.2, 0) is 6.42 Å². The van der Waals surface area contributed by atoms with E-state index in [0.717, 1.165) is 32.8 Å². The molecule has 2 heterocycles. The summed E-state index contributed by atoms with van der Waals surface area (Å²) in [6, 6.07) is 8.76. The minimum atomic E-state index is 0.139. The van der Waals surface area contributed by atoms with E-state index in [2.05, 4.69) is 61.4 Å². The average Bonchev–Trinajstić information content (AvgIpc) is 2.79. The van der Waals surface area contributed by atoms with Gasteiger partial charge in [-0.2, -0.15) is 0 Å². The lowest BCUT2D eigenvalue weighted by Gasteiger charge is -2.25. The van der Waals surface area contributed by atoms with Gasteiger partial charge in [-0.25, -0.2) is 0 Å². The summed E-state index contributed by atoms with van der Waals surface area (Å²) in [5.74, 6) is 1.06. The maximum absolute atomic E-state index is 5.94. The SMILES string of the molecule is CNC(c1cc(Br)sc1Br)c1cccc2c1OCCC2. The third-order valence-electron chi connectivity index (χ3n) is 3.56. The van der Waals surface area contributed by atoms with E-state index in [1.807, 2.05) is 7.05 Å². The zero-order chi connectivity index (χ0) is 14.1. The molecule has 0 aliphatic carbocycles. The molecule has 0 spiro atoms. The molecule has 1 atom stereocenters. The molecule has 0 saturated carbocycles. The minimum absolute atomic E-state index is 0.139. The molecule has 1 aromatic carbocycles. The van der Waals surface area contributed by atoms with Gasteiger partial charge in [-0.3, -0.25) is 0 Å². The highest BCUT2D eigenvalue weighted by molar-refractivity contribution is 9.12. The first-order valence-electron chi connectivity index (χ1n) is 6.57. The first-order chi connectivity index (χ1) is 9.70. The summed E-state index contributed by atoms with van der Waals surface area (Å²) in [6.07, 6.45) is 2.21. The van der Waals surface area contributed by atoms with Crippen molar-refractivity contribution in [1.29, 1.82) is 0 Å². The van der Waals surface area contributed by atoms with Crippen LogP contribution in [0.25, 0.3) is 0 Å². The van der Waals surface area contributed by atoms with Gasteiger partial charge in [0.15, 0.2) is 0 Å². The third-order valence-corrected chi connectivity index (χ3v) is 5.94. The number of para-hydroxylation sites is 1. The summed E-state index contributed by atoms with van der Waals surface area (Å²) < 4.78 is 8.22. The molecule has 0 amide bonds. The van der Waals surface area contributed by atoms with Gasteiger partial charge in [0.2, 0.25) is 0 Å². The van der Waals surface area contributed by atoms with Crippen molar-refractivity contribution < 1.29 is 4.74 Å². The summed E-state index contributed by atoms with van der Waals surface area (Å²) in [5, 5.41) is 3.41. The molecule has 0 bridgehead atoms. The van der Waals surface area contributed by atoms with E-state index in [9.17, 15) is 0 Å². The van der Waals surface area contributed by atoms with E-state index in [4.69, 9.17) is 4.74 Å². The highest BCUT2D eigenvalue weighted by Gasteiger charge is 2.23. The van der Waals surface area contributed by atoms with Crippen molar-refractivity contribution in [3.8, 4) is 5.75 Å². The fourth-order valence-electron chi connectivity index (χ4n) is 2.67. The molecule has 0 fully saturated rings. The van der Waals surface area contributed by atoms with Crippen LogP contribution >= 0.6 is 43.2 Å². The van der Waals surface area contributed by atoms with Gasteiger partial charge < -0.3 is 10.1 Å². The van der Waals surface area contributed by atoms with Gasteiger partial charge in [-0.1, -0.05) is 18.2 Å². The lowest BCUT2D eigenvalue weighted by atomic mass is 9.95. The van der Waals surface area contributed by atoms with Crippen LogP contribution in [0.3, 0.4) is 0 Å². The first-order valence-corrected chi connectivity index (χ1v) is 8.97. The number of aryl methyl sites for hydroxylation is 1. The van der Waals surface area contributed by atoms with Crippen LogP contribution in [0.5, 0.6) is 5.75 Å². The lowest BCUT2D eigenvalue weighted by molar-refractivity contribution is 0.283. The lowest BCUT2D eigenvalue weighted by Crippen LogP contribution is -2.20. The Balaban J connectivity index is 2.08. The second-order valence-corrected chi connectivity index (χ2v) is 8.54. The van der Waals surface area contributed by atoms with Crippen molar-refractivity contribution in [3.63, 3.8) is 0 Å². The van der Waals surface area contributed by atoms with Gasteiger partial charge >= 0.3 is 0 Å². The van der Waals surface area contributed by atoms with Gasteiger partial charge in [0.1, 0.15) is 5.75 Å². The van der Waals surface area contributed by atoms with Crippen molar-refractivity contribution in [2.45, 2.75) is 18.9 Å². The van der Waals surface area contributed by atoms with Gasteiger partial charge in [0.25, 0.3) is 0 Å². The molecule has 1 aromatic heterocycles. The van der Waals surface area contributed by atoms with E-state index >= 15 is 0 Å². The molecule has 1 aliphatic heterocycles. The van der Waals surface area contributed by atoms with Crippen molar-refractivity contribution in [2.24, 2.45) is 0 Å². The van der Waals surface area contributed by atoms with Crippen LogP contribution in [-0.4, -0.2) is 13.7 Å². The maximum Gasteiger partial charge on any atom is 0.127 e. The summed E-state index contributed by atoms with van der Waals surface area (Å²) in [7, 11) is 1.99. The molecule has 106 valence electrons. The molecule has 1 unspecified atom stereocenters. The number of hydrogen-bond acceptors (Lipinski definition) is 3. The Kier molecular flexibility index (Phi) is 4.50. The number of thiophene rings is 1. The molecular weight excluding hydrogens is 402 g/mol. The molecule has 1 aliphatic rings. The zero-order valence-electron chi connectivity index (χ0n) is 11.1. The van der Waals surface area contributed by atoms with Crippen LogP contribution in [0.1, 0.15) is 29.2 Å². The van der Waals surface area contributed by atoms with Crippen molar-refractivity contribution in [1.82, 2.24) is 5.32 Å². The third kappa shape index (κ3) is 2.69. The second-order valence-electron chi connectivity index (χ2n) is 4.79. The zero-order valence-corrected chi connectivity index (χ0v) is 15.1. The average molecular weight is 417 g/mol. The molecule has 0 radical (unpaired) electrons. The molecule has 0 saturated heterocycles. The van der Waals surface area contributed by atoms with E-state index in [-0.39, 0.29) is 6.04 Å². The summed E-state index contributed by atoms with van der Waals surface area (Å²) in [4.78, 5) is 0. The van der Waals surface area contributed by atoms with E-state index in [1.165, 1.54) is 16.7 Å². The number of ether oxygens (including phenoxy) is 1. The monoisotopic (exact) mass is 415 g/mol. The van der Waals surface area contributed by atoms with Gasteiger partial charge in [-0.15, -0.1) is 11.3 Å². The fourth-order valence-corrected chi connectivity index (χ4v) is 5.57. The van der Waals surface area contributed by atoms with Crippen molar-refractivity contribution in [3.05, 3.63) is 48.5 Å². The van der Waals surface area contributed by atoms with Gasteiger partial charge in [0.05, 0.1) is 20.2 Å². The van der Waals surface area contributed by atoms with Gasteiger partial charge in [0, 0.05) is 5.56 Å². The van der Waals surface area contributed by atoms with Crippen LogP contribution in [0.2, 0.25) is 0 Å². The number of fused-ring (bicyclic) bond motifs is 1. The largest absolute Gasteiger partial charge is 0.493 e. The van der Waals surface area contributed by atoms with Crippen LogP contribution in [0.4, 0.5) is 0 Å². The number of rotatable bonds is 3. The topological polar surface area (TPSA) is 21.3 Å². The molecule has 2 aromatic rings. The molecule has 3 rings (SSSR count). The van der Waals surface area contributed by atoms with Crippen LogP contribution < -0.4 is 10.1 Å². The van der Waals surface area contributed by atoms with Crippen LogP contribution in [0.15, 0.2) is 31.8 Å². The normalized spacial score (nSPS) is 15.6. The molecule has 5 heteroatoms. The summed E-state index contributed by atoms with van der Waals surface area (Å²) in [5.41, 5.74) is 3.78. The predicted molar refractivity (Wildman–Crippen MR) is 90.9 cm³/mol. The van der Waals surface area contributed by atoms with Crippen molar-refractivity contribution >= 4 is 43.2 Å². The Morgan fingerprint density at radius 1 is 1.30 bits per heavy atom. The predicted octanol–water partition coefficient (Wildman–Crippen LogP) is 4.91. The van der Waals surface area contributed by atoms with Crippen molar-refractivity contribution in [2.75, 3.05) is 13.7 Å². The molecule has 2 nitrogen and oxygen atoms in total. The molecule has 20 heavy (non-hydrogen) atoms. The smallest absolute Gasteiger partial charge is 0.127 e. The number of benzene rings is 1. The molecule has 1 N–H and O–H groups in total. The Morgan fingerprint density at radius 3 is 2.85 bits per heavy atom. The summed E-state index contributed by atoms with van der Waals surface area (Å²) in [6.45, 7) is 0.814. The highest BCUT2D eigenvalue weighted by atomic mass is 79.9. The van der Waals surface area contributed by atoms with E-state index in [0.29, 0.717) is 0 Å². The highest BCUT2D eigenvalue weighted by Crippen LogP contribution is 2.41. The number of nitrogens with one attached hydrogen (secondary N) is 1. The fraction of sp³-hybridized carbons (Fsp3) is 0.333. The van der Waals surface area contributed by atoms with E-state index < -0.39 is 0 Å². The Hall–Kier alpha value is -0.360. The standard InChI is InChI=1S/C15H15Br2NOS/c1-18-13(11-8-12(16)20-15(11)17)10-6-2-4-9-5-3-7-19-14(9)10/h2,4,6,8,13,18H,3,5,7H2,1H3. The maximum atomic E-state index is 5.94. The summed E-state index contributed by atoms with van der Waals surface area (Å²) >= 11 is 8.91. The van der Waals surface area contributed by atoms with Gasteiger partial charge in [-0.05, 0) is 68.9 Å². The second kappa shape index (κ2) is 6.18. The van der Waals surface area contributed by atoms with Crippen LogP contribution in [0, 0.1) is 0 Å². The quantitative estimate of drug-likeness (QED) is 0.767. The Bertz CT molecular complexity index is 626. The number of hydrogen-bond donors (Lipinski definition) is 1.